The Hall–Kier alpha value is -2.40. The van der Waals surface area contributed by atoms with Crippen LogP contribution in [0.25, 0.3) is 10.2 Å². The summed E-state index contributed by atoms with van der Waals surface area (Å²) in [6, 6.07) is 15.7. The van der Waals surface area contributed by atoms with Gasteiger partial charge in [-0.3, -0.25) is 4.79 Å². The second kappa shape index (κ2) is 6.15. The van der Waals surface area contributed by atoms with Crippen LogP contribution < -0.4 is 5.32 Å². The molecule has 3 aromatic rings. The molecule has 0 aliphatic rings. The Kier molecular flexibility index (Phi) is 4.06. The second-order valence-corrected chi connectivity index (χ2v) is 6.27. The predicted molar refractivity (Wildman–Crippen MR) is 91.4 cm³/mol. The summed E-state index contributed by atoms with van der Waals surface area (Å²) in [6.45, 7) is 0.691. The monoisotopic (exact) mass is 311 g/mol. The summed E-state index contributed by atoms with van der Waals surface area (Å²) in [5.41, 5.74) is 2.84. The third-order valence-corrected chi connectivity index (χ3v) is 4.34. The van der Waals surface area contributed by atoms with Gasteiger partial charge in [0.25, 0.3) is 5.91 Å². The molecule has 4 nitrogen and oxygen atoms in total. The van der Waals surface area contributed by atoms with E-state index in [0.717, 1.165) is 16.2 Å². The van der Waals surface area contributed by atoms with E-state index in [4.69, 9.17) is 0 Å². The highest BCUT2D eigenvalue weighted by Gasteiger charge is 2.07. The van der Waals surface area contributed by atoms with Crippen LogP contribution in [0.15, 0.2) is 48.5 Å². The summed E-state index contributed by atoms with van der Waals surface area (Å²) >= 11 is 1.65. The topological polar surface area (TPSA) is 45.2 Å². The van der Waals surface area contributed by atoms with Crippen molar-refractivity contribution in [2.75, 3.05) is 19.4 Å². The van der Waals surface area contributed by atoms with Crippen molar-refractivity contribution in [1.82, 2.24) is 9.88 Å². The third-order valence-electron chi connectivity index (χ3n) is 3.34. The van der Waals surface area contributed by atoms with Crippen LogP contribution in [0.2, 0.25) is 0 Å². The molecule has 0 spiro atoms. The van der Waals surface area contributed by atoms with Crippen LogP contribution in [0, 0.1) is 0 Å². The molecular formula is C17H17N3OS. The first-order valence-electron chi connectivity index (χ1n) is 7.03. The molecule has 1 N–H and O–H groups in total. The predicted octanol–water partition coefficient (Wildman–Crippen LogP) is 3.61. The molecule has 1 amide bonds. The van der Waals surface area contributed by atoms with E-state index in [2.05, 4.69) is 16.4 Å². The van der Waals surface area contributed by atoms with Gasteiger partial charge in [0.05, 0.1) is 10.2 Å². The van der Waals surface area contributed by atoms with Crippen molar-refractivity contribution in [3.63, 3.8) is 0 Å². The van der Waals surface area contributed by atoms with Gasteiger partial charge in [-0.2, -0.15) is 0 Å². The fraction of sp³-hybridized carbons (Fsp3) is 0.176. The molecule has 5 heteroatoms. The molecule has 1 aromatic heterocycles. The Morgan fingerprint density at radius 3 is 2.55 bits per heavy atom. The molecule has 0 bridgehead atoms. The maximum atomic E-state index is 11.8. The number of hydrogen-bond donors (Lipinski definition) is 1. The van der Waals surface area contributed by atoms with E-state index in [0.29, 0.717) is 12.1 Å². The first-order chi connectivity index (χ1) is 10.6. The molecule has 0 radical (unpaired) electrons. The van der Waals surface area contributed by atoms with E-state index in [9.17, 15) is 4.79 Å². The Balaban J connectivity index is 1.67. The standard InChI is InChI=1S/C17H17N3OS/c1-20(2)16(21)13-9-7-12(8-10-13)11-18-17-19-14-5-3-4-6-15(14)22-17/h3-10H,11H2,1-2H3,(H,18,19). The fourth-order valence-electron chi connectivity index (χ4n) is 2.15. The lowest BCUT2D eigenvalue weighted by atomic mass is 10.1. The molecule has 3 rings (SSSR count). The molecule has 112 valence electrons. The number of thiazole rings is 1. The Labute approximate surface area is 133 Å². The molecule has 0 atom stereocenters. The number of aromatic nitrogens is 1. The zero-order valence-electron chi connectivity index (χ0n) is 12.5. The number of fused-ring (bicyclic) bond motifs is 1. The quantitative estimate of drug-likeness (QED) is 0.800. The lowest BCUT2D eigenvalue weighted by Crippen LogP contribution is -2.21. The normalized spacial score (nSPS) is 10.6. The van der Waals surface area contributed by atoms with Crippen molar-refractivity contribution < 1.29 is 4.79 Å². The van der Waals surface area contributed by atoms with E-state index < -0.39 is 0 Å². The SMILES string of the molecule is CN(C)C(=O)c1ccc(CNc2nc3ccccc3s2)cc1. The van der Waals surface area contributed by atoms with Gasteiger partial charge in [-0.1, -0.05) is 35.6 Å². The molecule has 0 aliphatic carbocycles. The van der Waals surface area contributed by atoms with Gasteiger partial charge in [0.1, 0.15) is 0 Å². The minimum Gasteiger partial charge on any atom is -0.357 e. The van der Waals surface area contributed by atoms with Crippen LogP contribution >= 0.6 is 11.3 Å². The summed E-state index contributed by atoms with van der Waals surface area (Å²) < 4.78 is 1.18. The van der Waals surface area contributed by atoms with Gasteiger partial charge < -0.3 is 10.2 Å². The van der Waals surface area contributed by atoms with Crippen molar-refractivity contribution in [2.24, 2.45) is 0 Å². The van der Waals surface area contributed by atoms with Gasteiger partial charge in [0.2, 0.25) is 0 Å². The number of carbonyl (C=O) groups is 1. The van der Waals surface area contributed by atoms with Gasteiger partial charge in [0.15, 0.2) is 5.13 Å². The summed E-state index contributed by atoms with van der Waals surface area (Å²) in [5, 5.41) is 4.25. The number of benzene rings is 2. The van der Waals surface area contributed by atoms with Crippen molar-refractivity contribution in [3.05, 3.63) is 59.7 Å². The highest BCUT2D eigenvalue weighted by Crippen LogP contribution is 2.25. The van der Waals surface area contributed by atoms with Crippen LogP contribution in [0.4, 0.5) is 5.13 Å². The zero-order chi connectivity index (χ0) is 15.5. The van der Waals surface area contributed by atoms with E-state index in [-0.39, 0.29) is 5.91 Å². The molecule has 0 saturated carbocycles. The minimum absolute atomic E-state index is 0.0192. The molecule has 22 heavy (non-hydrogen) atoms. The van der Waals surface area contributed by atoms with Crippen LogP contribution in [0.5, 0.6) is 0 Å². The first kappa shape index (κ1) is 14.5. The summed E-state index contributed by atoms with van der Waals surface area (Å²) in [6.07, 6.45) is 0. The number of amides is 1. The molecule has 0 saturated heterocycles. The van der Waals surface area contributed by atoms with Gasteiger partial charge in [0, 0.05) is 26.2 Å². The summed E-state index contributed by atoms with van der Waals surface area (Å²) in [4.78, 5) is 18.0. The van der Waals surface area contributed by atoms with Gasteiger partial charge in [-0.05, 0) is 29.8 Å². The molecular weight excluding hydrogens is 294 g/mol. The number of para-hydroxylation sites is 1. The highest BCUT2D eigenvalue weighted by atomic mass is 32.1. The largest absolute Gasteiger partial charge is 0.357 e. The Morgan fingerprint density at radius 2 is 1.86 bits per heavy atom. The van der Waals surface area contributed by atoms with Gasteiger partial charge >= 0.3 is 0 Å². The van der Waals surface area contributed by atoms with Crippen molar-refractivity contribution in [1.29, 1.82) is 0 Å². The van der Waals surface area contributed by atoms with Gasteiger partial charge in [-0.25, -0.2) is 4.98 Å². The lowest BCUT2D eigenvalue weighted by molar-refractivity contribution is 0.0827. The Bertz CT molecular complexity index is 760. The fourth-order valence-corrected chi connectivity index (χ4v) is 3.01. The number of nitrogens with zero attached hydrogens (tertiary/aromatic N) is 2. The van der Waals surface area contributed by atoms with E-state index in [1.165, 1.54) is 4.70 Å². The average Bonchev–Trinajstić information content (AvgIpc) is 2.95. The smallest absolute Gasteiger partial charge is 0.253 e. The molecule has 0 fully saturated rings. The molecule has 0 aliphatic heterocycles. The van der Waals surface area contributed by atoms with E-state index >= 15 is 0 Å². The summed E-state index contributed by atoms with van der Waals surface area (Å²) in [5.74, 6) is 0.0192. The van der Waals surface area contributed by atoms with E-state index in [1.54, 1.807) is 30.3 Å². The highest BCUT2D eigenvalue weighted by molar-refractivity contribution is 7.22. The Morgan fingerprint density at radius 1 is 1.14 bits per heavy atom. The minimum atomic E-state index is 0.0192. The van der Waals surface area contributed by atoms with Gasteiger partial charge in [-0.15, -0.1) is 0 Å². The maximum absolute atomic E-state index is 11.8. The van der Waals surface area contributed by atoms with Crippen LogP contribution in [-0.4, -0.2) is 29.9 Å². The second-order valence-electron chi connectivity index (χ2n) is 5.24. The van der Waals surface area contributed by atoms with Crippen LogP contribution in [0.3, 0.4) is 0 Å². The first-order valence-corrected chi connectivity index (χ1v) is 7.85. The van der Waals surface area contributed by atoms with Crippen molar-refractivity contribution >= 4 is 32.6 Å². The molecule has 1 heterocycles. The summed E-state index contributed by atoms with van der Waals surface area (Å²) in [7, 11) is 3.51. The third kappa shape index (κ3) is 3.09. The number of carbonyl (C=O) groups excluding carboxylic acids is 1. The number of hydrogen-bond acceptors (Lipinski definition) is 4. The zero-order valence-corrected chi connectivity index (χ0v) is 13.4. The molecule has 2 aromatic carbocycles. The lowest BCUT2D eigenvalue weighted by Gasteiger charge is -2.10. The average molecular weight is 311 g/mol. The van der Waals surface area contributed by atoms with Crippen molar-refractivity contribution in [3.8, 4) is 0 Å². The van der Waals surface area contributed by atoms with Crippen LogP contribution in [0.1, 0.15) is 15.9 Å². The number of nitrogens with one attached hydrogen (secondary N) is 1. The molecule has 0 unspecified atom stereocenters. The maximum Gasteiger partial charge on any atom is 0.253 e. The van der Waals surface area contributed by atoms with E-state index in [1.807, 2.05) is 42.5 Å². The van der Waals surface area contributed by atoms with Crippen molar-refractivity contribution in [2.45, 2.75) is 6.54 Å². The number of anilines is 1. The van der Waals surface area contributed by atoms with Crippen LogP contribution in [-0.2, 0) is 6.54 Å². The number of rotatable bonds is 4.